The van der Waals surface area contributed by atoms with Crippen LogP contribution in [0.1, 0.15) is 25.7 Å². The van der Waals surface area contributed by atoms with Gasteiger partial charge in [0.05, 0.1) is 6.61 Å². The van der Waals surface area contributed by atoms with Gasteiger partial charge in [-0.3, -0.25) is 0 Å². The Balaban J connectivity index is 1.52. The van der Waals surface area contributed by atoms with Crippen molar-refractivity contribution in [3.05, 3.63) is 71.1 Å². The SMILES string of the molecule is O=C(O)COCC1CCC(Cn2nc(-c3ccccc3)c(-c3ccccc3)nc2=O)CC1. The van der Waals surface area contributed by atoms with E-state index in [0.717, 1.165) is 36.8 Å². The molecular formula is C25H27N3O4. The molecule has 1 aliphatic carbocycles. The zero-order chi connectivity index (χ0) is 22.3. The van der Waals surface area contributed by atoms with Crippen molar-refractivity contribution in [2.75, 3.05) is 13.2 Å². The summed E-state index contributed by atoms with van der Waals surface area (Å²) >= 11 is 0. The Labute approximate surface area is 186 Å². The average Bonchev–Trinajstić information content (AvgIpc) is 2.82. The molecule has 1 fully saturated rings. The Hall–Kier alpha value is -3.32. The molecule has 0 saturated heterocycles. The molecule has 0 amide bonds. The molecule has 0 spiro atoms. The molecule has 0 atom stereocenters. The fourth-order valence-corrected chi connectivity index (χ4v) is 4.26. The number of carboxylic acid groups (broad SMARTS) is 1. The van der Waals surface area contributed by atoms with E-state index >= 15 is 0 Å². The smallest absolute Gasteiger partial charge is 0.364 e. The predicted octanol–water partition coefficient (Wildman–Crippen LogP) is 3.88. The maximum atomic E-state index is 12.9. The molecule has 0 unspecified atom stereocenters. The highest BCUT2D eigenvalue weighted by molar-refractivity contribution is 5.77. The number of ether oxygens (including phenoxy) is 1. The lowest BCUT2D eigenvalue weighted by Gasteiger charge is -2.28. The third-order valence-corrected chi connectivity index (χ3v) is 5.94. The van der Waals surface area contributed by atoms with Crippen molar-refractivity contribution >= 4 is 5.97 Å². The number of hydrogen-bond acceptors (Lipinski definition) is 5. The van der Waals surface area contributed by atoms with Crippen molar-refractivity contribution in [2.24, 2.45) is 11.8 Å². The lowest BCUT2D eigenvalue weighted by molar-refractivity contribution is -0.142. The Kier molecular flexibility index (Phi) is 7.07. The molecule has 0 bridgehead atoms. The van der Waals surface area contributed by atoms with Crippen molar-refractivity contribution in [1.82, 2.24) is 14.8 Å². The van der Waals surface area contributed by atoms with Crippen LogP contribution in [0.2, 0.25) is 0 Å². The number of aliphatic carboxylic acids is 1. The zero-order valence-corrected chi connectivity index (χ0v) is 17.9. The van der Waals surface area contributed by atoms with Crippen LogP contribution in [-0.2, 0) is 16.1 Å². The normalized spacial score (nSPS) is 18.4. The first-order valence-corrected chi connectivity index (χ1v) is 11.0. The second-order valence-corrected chi connectivity index (χ2v) is 8.30. The number of carbonyl (C=O) groups is 1. The van der Waals surface area contributed by atoms with Crippen LogP contribution >= 0.6 is 0 Å². The zero-order valence-electron chi connectivity index (χ0n) is 17.9. The molecule has 1 saturated carbocycles. The number of aromatic nitrogens is 3. The van der Waals surface area contributed by atoms with Gasteiger partial charge in [0.2, 0.25) is 0 Å². The molecule has 1 heterocycles. The van der Waals surface area contributed by atoms with E-state index in [0.29, 0.717) is 36.4 Å². The van der Waals surface area contributed by atoms with Crippen molar-refractivity contribution in [3.63, 3.8) is 0 Å². The fraction of sp³-hybridized carbons (Fsp3) is 0.360. The van der Waals surface area contributed by atoms with Gasteiger partial charge in [-0.1, -0.05) is 60.7 Å². The summed E-state index contributed by atoms with van der Waals surface area (Å²) in [6, 6.07) is 19.5. The number of nitrogens with zero attached hydrogens (tertiary/aromatic N) is 3. The van der Waals surface area contributed by atoms with Gasteiger partial charge >= 0.3 is 11.7 Å². The highest BCUT2D eigenvalue weighted by Gasteiger charge is 2.23. The minimum atomic E-state index is -0.940. The summed E-state index contributed by atoms with van der Waals surface area (Å²) in [7, 11) is 0. The topological polar surface area (TPSA) is 94.3 Å². The van der Waals surface area contributed by atoms with E-state index in [1.807, 2.05) is 60.7 Å². The minimum absolute atomic E-state index is 0.249. The molecule has 0 radical (unpaired) electrons. The summed E-state index contributed by atoms with van der Waals surface area (Å²) < 4.78 is 6.75. The van der Waals surface area contributed by atoms with Gasteiger partial charge in [0.15, 0.2) is 0 Å². The van der Waals surface area contributed by atoms with Crippen molar-refractivity contribution in [3.8, 4) is 22.5 Å². The molecule has 32 heavy (non-hydrogen) atoms. The molecular weight excluding hydrogens is 406 g/mol. The third-order valence-electron chi connectivity index (χ3n) is 5.94. The lowest BCUT2D eigenvalue weighted by Crippen LogP contribution is -2.31. The molecule has 7 heteroatoms. The van der Waals surface area contributed by atoms with E-state index in [4.69, 9.17) is 14.9 Å². The lowest BCUT2D eigenvalue weighted by atomic mass is 9.82. The Morgan fingerprint density at radius 1 is 0.906 bits per heavy atom. The van der Waals surface area contributed by atoms with E-state index in [9.17, 15) is 9.59 Å². The first-order valence-electron chi connectivity index (χ1n) is 11.0. The predicted molar refractivity (Wildman–Crippen MR) is 121 cm³/mol. The number of carboxylic acids is 1. The fourth-order valence-electron chi connectivity index (χ4n) is 4.26. The van der Waals surface area contributed by atoms with Crippen molar-refractivity contribution in [1.29, 1.82) is 0 Å². The van der Waals surface area contributed by atoms with E-state index in [1.54, 1.807) is 0 Å². The van der Waals surface area contributed by atoms with Gasteiger partial charge in [0.25, 0.3) is 0 Å². The van der Waals surface area contributed by atoms with Crippen LogP contribution in [0.3, 0.4) is 0 Å². The van der Waals surface area contributed by atoms with Gasteiger partial charge in [0.1, 0.15) is 18.0 Å². The van der Waals surface area contributed by atoms with Crippen LogP contribution in [0.4, 0.5) is 0 Å². The summed E-state index contributed by atoms with van der Waals surface area (Å²) in [4.78, 5) is 27.9. The second kappa shape index (κ2) is 10.3. The van der Waals surface area contributed by atoms with E-state index in [-0.39, 0.29) is 12.3 Å². The molecule has 166 valence electrons. The molecule has 2 aromatic carbocycles. The van der Waals surface area contributed by atoms with Crippen LogP contribution < -0.4 is 5.69 Å². The van der Waals surface area contributed by atoms with Gasteiger partial charge < -0.3 is 9.84 Å². The summed E-state index contributed by atoms with van der Waals surface area (Å²) in [5.74, 6) is -0.234. The average molecular weight is 434 g/mol. The first kappa shape index (κ1) is 21.9. The van der Waals surface area contributed by atoms with Gasteiger partial charge in [0, 0.05) is 17.7 Å². The van der Waals surface area contributed by atoms with Gasteiger partial charge in [-0.25, -0.2) is 14.3 Å². The van der Waals surface area contributed by atoms with Crippen molar-refractivity contribution < 1.29 is 14.6 Å². The largest absolute Gasteiger partial charge is 0.480 e. The van der Waals surface area contributed by atoms with Crippen LogP contribution in [-0.4, -0.2) is 39.1 Å². The first-order chi connectivity index (χ1) is 15.6. The summed E-state index contributed by atoms with van der Waals surface area (Å²) in [5, 5.41) is 13.5. The molecule has 3 aromatic rings. The number of benzene rings is 2. The summed E-state index contributed by atoms with van der Waals surface area (Å²) in [6.07, 6.45) is 3.83. The summed E-state index contributed by atoms with van der Waals surface area (Å²) in [5.41, 5.74) is 2.75. The Bertz CT molecular complexity index is 1090. The highest BCUT2D eigenvalue weighted by atomic mass is 16.5. The third kappa shape index (κ3) is 5.48. The standard InChI is InChI=1S/C25H27N3O4/c29-22(30)17-32-16-19-13-11-18(12-14-19)15-28-25(31)26-23(20-7-3-1-4-8-20)24(27-28)21-9-5-2-6-10-21/h1-10,18-19H,11-17H2,(H,29,30). The van der Waals surface area contributed by atoms with Crippen LogP contribution in [0.15, 0.2) is 65.5 Å². The molecule has 0 aliphatic heterocycles. The molecule has 1 N–H and O–H groups in total. The Morgan fingerprint density at radius 2 is 1.47 bits per heavy atom. The number of hydrogen-bond donors (Lipinski definition) is 1. The Morgan fingerprint density at radius 3 is 2.06 bits per heavy atom. The van der Waals surface area contributed by atoms with E-state index in [1.165, 1.54) is 4.68 Å². The number of rotatable bonds is 8. The van der Waals surface area contributed by atoms with E-state index < -0.39 is 5.97 Å². The monoisotopic (exact) mass is 433 g/mol. The van der Waals surface area contributed by atoms with Crippen molar-refractivity contribution in [2.45, 2.75) is 32.2 Å². The van der Waals surface area contributed by atoms with Crippen LogP contribution in [0.25, 0.3) is 22.5 Å². The maximum absolute atomic E-state index is 12.9. The molecule has 1 aliphatic rings. The quantitative estimate of drug-likeness (QED) is 0.579. The molecule has 4 rings (SSSR count). The van der Waals surface area contributed by atoms with Crippen LogP contribution in [0.5, 0.6) is 0 Å². The second-order valence-electron chi connectivity index (χ2n) is 8.30. The molecule has 7 nitrogen and oxygen atoms in total. The maximum Gasteiger partial charge on any atom is 0.364 e. The summed E-state index contributed by atoms with van der Waals surface area (Å²) in [6.45, 7) is 0.757. The van der Waals surface area contributed by atoms with Gasteiger partial charge in [-0.05, 0) is 37.5 Å². The molecule has 1 aromatic heterocycles. The minimum Gasteiger partial charge on any atom is -0.480 e. The van der Waals surface area contributed by atoms with E-state index in [2.05, 4.69) is 4.98 Å². The highest BCUT2D eigenvalue weighted by Crippen LogP contribution is 2.31. The van der Waals surface area contributed by atoms with Crippen LogP contribution in [0, 0.1) is 11.8 Å². The van der Waals surface area contributed by atoms with Gasteiger partial charge in [-0.2, -0.15) is 10.1 Å². The van der Waals surface area contributed by atoms with Gasteiger partial charge in [-0.15, -0.1) is 0 Å².